The second-order valence-corrected chi connectivity index (χ2v) is 8.73. The van der Waals surface area contributed by atoms with Crippen molar-refractivity contribution in [1.82, 2.24) is 4.31 Å². The molecule has 3 aliphatic heterocycles. The molecule has 1 atom stereocenters. The lowest BCUT2D eigenvalue weighted by molar-refractivity contribution is -0.179. The van der Waals surface area contributed by atoms with E-state index < -0.39 is 16.8 Å². The number of hydrogen-bond acceptors (Lipinski definition) is 5. The van der Waals surface area contributed by atoms with Gasteiger partial charge in [-0.3, -0.25) is 0 Å². The van der Waals surface area contributed by atoms with Gasteiger partial charge in [-0.15, -0.1) is 0 Å². The fourth-order valence-electron chi connectivity index (χ4n) is 4.01. The van der Waals surface area contributed by atoms with Gasteiger partial charge in [0.2, 0.25) is 0 Å². The molecule has 6 nitrogen and oxygen atoms in total. The van der Waals surface area contributed by atoms with Crippen molar-refractivity contribution in [3.05, 3.63) is 24.3 Å². The average molecular weight is 378 g/mol. The Labute approximate surface area is 157 Å². The normalized spacial score (nSPS) is 25.5. The van der Waals surface area contributed by atoms with E-state index in [0.29, 0.717) is 26.3 Å². The fraction of sp³-hybridized carbons (Fsp3) is 0.632. The predicted octanol–water partition coefficient (Wildman–Crippen LogP) is 1.96. The van der Waals surface area contributed by atoms with Gasteiger partial charge in [0.25, 0.3) is 0 Å². The minimum absolute atomic E-state index is 0.185. The van der Waals surface area contributed by atoms with Gasteiger partial charge in [0.1, 0.15) is 17.3 Å². The van der Waals surface area contributed by atoms with Crippen LogP contribution in [0.25, 0.3) is 0 Å². The molecule has 3 heterocycles. The van der Waals surface area contributed by atoms with E-state index in [9.17, 15) is 9.00 Å². The molecule has 4 rings (SSSR count). The lowest BCUT2D eigenvalue weighted by Crippen LogP contribution is -2.45. The van der Waals surface area contributed by atoms with Gasteiger partial charge in [-0.2, -0.15) is 0 Å². The van der Waals surface area contributed by atoms with Crippen LogP contribution < -0.4 is 4.90 Å². The number of anilines is 1. The molecule has 1 spiro atoms. The summed E-state index contributed by atoms with van der Waals surface area (Å²) in [7, 11) is -1.17. The quantitative estimate of drug-likeness (QED) is 0.750. The van der Waals surface area contributed by atoms with E-state index in [2.05, 4.69) is 11.0 Å². The molecule has 1 aromatic carbocycles. The summed E-state index contributed by atoms with van der Waals surface area (Å²) in [6.07, 6.45) is 4.38. The number of piperidine rings is 2. The zero-order chi connectivity index (χ0) is 18.0. The van der Waals surface area contributed by atoms with E-state index in [1.54, 1.807) is 0 Å². The number of hydrogen-bond donors (Lipinski definition) is 0. The Morgan fingerprint density at radius 3 is 2.42 bits per heavy atom. The molecule has 142 valence electrons. The van der Waals surface area contributed by atoms with Gasteiger partial charge < -0.3 is 19.2 Å². The number of carbonyl (C=O) groups excluding carboxylic acids is 1. The Bertz CT molecular complexity index is 659. The second kappa shape index (κ2) is 7.76. The van der Waals surface area contributed by atoms with Crippen LogP contribution in [0.5, 0.6) is 0 Å². The molecule has 26 heavy (non-hydrogen) atoms. The van der Waals surface area contributed by atoms with E-state index in [1.807, 2.05) is 22.5 Å². The molecule has 7 heteroatoms. The van der Waals surface area contributed by atoms with Crippen molar-refractivity contribution in [2.45, 2.75) is 36.4 Å². The van der Waals surface area contributed by atoms with Crippen LogP contribution in [0.1, 0.15) is 25.7 Å². The first kappa shape index (κ1) is 18.1. The van der Waals surface area contributed by atoms with Crippen molar-refractivity contribution in [2.75, 3.05) is 44.3 Å². The first-order chi connectivity index (χ1) is 12.7. The maximum Gasteiger partial charge on any atom is 0.171 e. The van der Waals surface area contributed by atoms with Gasteiger partial charge in [0.05, 0.1) is 18.1 Å². The van der Waals surface area contributed by atoms with Crippen molar-refractivity contribution in [2.24, 2.45) is 5.92 Å². The summed E-state index contributed by atoms with van der Waals surface area (Å²) >= 11 is 0. The van der Waals surface area contributed by atoms with Gasteiger partial charge in [-0.05, 0) is 31.0 Å². The topological polar surface area (TPSA) is 59.1 Å². The van der Waals surface area contributed by atoms with Crippen LogP contribution in [0.15, 0.2) is 29.2 Å². The summed E-state index contributed by atoms with van der Waals surface area (Å²) in [6, 6.07) is 8.01. The summed E-state index contributed by atoms with van der Waals surface area (Å²) in [5.41, 5.74) is 1.09. The smallest absolute Gasteiger partial charge is 0.171 e. The van der Waals surface area contributed by atoms with E-state index in [4.69, 9.17) is 9.47 Å². The van der Waals surface area contributed by atoms with Crippen molar-refractivity contribution < 1.29 is 18.5 Å². The molecule has 3 saturated heterocycles. The van der Waals surface area contributed by atoms with Gasteiger partial charge in [-0.25, -0.2) is 8.51 Å². The minimum atomic E-state index is -1.17. The predicted molar refractivity (Wildman–Crippen MR) is 99.3 cm³/mol. The van der Waals surface area contributed by atoms with Crippen LogP contribution in [0, 0.1) is 5.92 Å². The zero-order valence-corrected chi connectivity index (χ0v) is 15.8. The van der Waals surface area contributed by atoms with E-state index in [1.165, 1.54) is 0 Å². The van der Waals surface area contributed by atoms with E-state index >= 15 is 0 Å². The van der Waals surface area contributed by atoms with Crippen LogP contribution >= 0.6 is 0 Å². The van der Waals surface area contributed by atoms with E-state index in [-0.39, 0.29) is 5.92 Å². The third-order valence-electron chi connectivity index (χ3n) is 5.65. The summed E-state index contributed by atoms with van der Waals surface area (Å²) in [5.74, 6) is -0.255. The SMILES string of the molecule is O=CC1CCN(c2cccc(S(=O)N3CCC4(CC3)OCCO4)c2)CC1. The molecule has 0 saturated carbocycles. The molecule has 1 unspecified atom stereocenters. The van der Waals surface area contributed by atoms with Gasteiger partial charge >= 0.3 is 0 Å². The number of benzene rings is 1. The lowest BCUT2D eigenvalue weighted by atomic mass is 9.98. The molecular weight excluding hydrogens is 352 g/mol. The van der Waals surface area contributed by atoms with Crippen molar-refractivity contribution in [1.29, 1.82) is 0 Å². The Morgan fingerprint density at radius 1 is 1.08 bits per heavy atom. The highest BCUT2D eigenvalue weighted by Crippen LogP contribution is 2.33. The highest BCUT2D eigenvalue weighted by atomic mass is 32.2. The minimum Gasteiger partial charge on any atom is -0.371 e. The third-order valence-corrected chi connectivity index (χ3v) is 7.14. The molecule has 0 N–H and O–H groups in total. The lowest BCUT2D eigenvalue weighted by Gasteiger charge is -2.36. The standard InChI is InChI=1S/C19H26N2O4S/c22-15-16-4-8-20(9-5-16)17-2-1-3-18(14-17)26(23)21-10-6-19(7-11-21)24-12-13-25-19/h1-3,14-16H,4-13H2. The highest BCUT2D eigenvalue weighted by Gasteiger charge is 2.41. The number of nitrogens with zero attached hydrogens (tertiary/aromatic N) is 2. The van der Waals surface area contributed by atoms with Gasteiger partial charge in [-0.1, -0.05) is 6.07 Å². The number of ether oxygens (including phenoxy) is 2. The van der Waals surface area contributed by atoms with E-state index in [0.717, 1.165) is 55.6 Å². The fourth-order valence-corrected chi connectivity index (χ4v) is 5.24. The molecule has 1 aromatic rings. The largest absolute Gasteiger partial charge is 0.371 e. The Morgan fingerprint density at radius 2 is 1.77 bits per heavy atom. The Hall–Kier alpha value is -1.28. The molecule has 0 aromatic heterocycles. The Balaban J connectivity index is 1.40. The maximum absolute atomic E-state index is 13.0. The molecule has 3 aliphatic rings. The van der Waals surface area contributed by atoms with Crippen LogP contribution in [-0.4, -0.2) is 60.0 Å². The number of carbonyl (C=O) groups is 1. The zero-order valence-electron chi connectivity index (χ0n) is 15.0. The molecule has 0 amide bonds. The molecule has 0 radical (unpaired) electrons. The van der Waals surface area contributed by atoms with Crippen LogP contribution in [-0.2, 0) is 25.3 Å². The number of rotatable bonds is 4. The maximum atomic E-state index is 13.0. The van der Waals surface area contributed by atoms with Gasteiger partial charge in [0, 0.05) is 50.6 Å². The first-order valence-electron chi connectivity index (χ1n) is 9.44. The highest BCUT2D eigenvalue weighted by molar-refractivity contribution is 7.82. The average Bonchev–Trinajstić information content (AvgIpc) is 3.16. The van der Waals surface area contributed by atoms with Crippen LogP contribution in [0.2, 0.25) is 0 Å². The first-order valence-corrected chi connectivity index (χ1v) is 10.5. The molecule has 0 aliphatic carbocycles. The second-order valence-electron chi connectivity index (χ2n) is 7.24. The monoisotopic (exact) mass is 378 g/mol. The summed E-state index contributed by atoms with van der Waals surface area (Å²) in [5, 5.41) is 0. The Kier molecular flexibility index (Phi) is 5.40. The van der Waals surface area contributed by atoms with Crippen LogP contribution in [0.4, 0.5) is 5.69 Å². The van der Waals surface area contributed by atoms with Crippen molar-refractivity contribution >= 4 is 23.0 Å². The summed E-state index contributed by atoms with van der Waals surface area (Å²) in [4.78, 5) is 14.1. The summed E-state index contributed by atoms with van der Waals surface area (Å²) in [6.45, 7) is 4.49. The molecule has 3 fully saturated rings. The van der Waals surface area contributed by atoms with Crippen molar-refractivity contribution in [3.63, 3.8) is 0 Å². The summed E-state index contributed by atoms with van der Waals surface area (Å²) < 4.78 is 26.5. The van der Waals surface area contributed by atoms with Crippen molar-refractivity contribution in [3.8, 4) is 0 Å². The third kappa shape index (κ3) is 3.71. The number of aldehydes is 1. The van der Waals surface area contributed by atoms with Crippen LogP contribution in [0.3, 0.4) is 0 Å². The molecular formula is C19H26N2O4S. The molecule has 0 bridgehead atoms. The van der Waals surface area contributed by atoms with Gasteiger partial charge in [0.15, 0.2) is 5.79 Å².